The van der Waals surface area contributed by atoms with E-state index in [4.69, 9.17) is 9.47 Å². The number of aliphatic hydroxyl groups excluding tert-OH is 1. The van der Waals surface area contributed by atoms with E-state index in [9.17, 15) is 39.3 Å². The molecule has 11 nitrogen and oxygen atoms in total. The first-order chi connectivity index (χ1) is 21.5. The summed E-state index contributed by atoms with van der Waals surface area (Å²) in [6, 6.07) is -0.604. The van der Waals surface area contributed by atoms with Crippen molar-refractivity contribution in [1.29, 1.82) is 0 Å². The van der Waals surface area contributed by atoms with E-state index in [0.717, 1.165) is 12.0 Å². The fraction of sp³-hybridized carbons (Fsp3) is 0.743. The van der Waals surface area contributed by atoms with E-state index in [-0.39, 0.29) is 61.6 Å². The molecule has 0 radical (unpaired) electrons. The van der Waals surface area contributed by atoms with Crippen LogP contribution in [0.15, 0.2) is 23.8 Å². The molecule has 254 valence electrons. The van der Waals surface area contributed by atoms with Gasteiger partial charge in [0, 0.05) is 35.8 Å². The quantitative estimate of drug-likeness (QED) is 0.259. The fourth-order valence-electron chi connectivity index (χ4n) is 9.77. The minimum absolute atomic E-state index is 0.0290. The van der Waals surface area contributed by atoms with Gasteiger partial charge in [0.1, 0.15) is 5.60 Å². The molecule has 11 heteroatoms. The zero-order valence-corrected chi connectivity index (χ0v) is 27.4. The molecule has 0 aromatic heterocycles. The van der Waals surface area contributed by atoms with Crippen LogP contribution in [0.25, 0.3) is 0 Å². The Morgan fingerprint density at radius 2 is 1.83 bits per heavy atom. The minimum Gasteiger partial charge on any atom is -0.481 e. The molecule has 5 aliphatic rings. The SMILES string of the molecule is CC1(C)CC(C(CC(=O)O)NC(=O)CCC(=O)OCC(=O)[C@@]2(O)CCC3[C@@H]4CCC5=CC(=O)C=C[C@]5(C)C4C(O)C[C@@]32C)CCO1. The first-order valence-electron chi connectivity index (χ1n) is 16.7. The number of aliphatic carboxylic acids is 1. The third-order valence-electron chi connectivity index (χ3n) is 12.1. The van der Waals surface area contributed by atoms with Crippen molar-refractivity contribution in [3.63, 3.8) is 0 Å². The van der Waals surface area contributed by atoms with E-state index in [2.05, 4.69) is 12.2 Å². The maximum atomic E-state index is 13.5. The Morgan fingerprint density at radius 1 is 1.09 bits per heavy atom. The highest BCUT2D eigenvalue weighted by atomic mass is 16.5. The third-order valence-corrected chi connectivity index (χ3v) is 12.1. The van der Waals surface area contributed by atoms with Crippen LogP contribution in [0.4, 0.5) is 0 Å². The third kappa shape index (κ3) is 6.34. The Balaban J connectivity index is 1.16. The number of esters is 1. The molecule has 9 atom stereocenters. The van der Waals surface area contributed by atoms with Crippen molar-refractivity contribution in [2.45, 2.75) is 115 Å². The zero-order valence-electron chi connectivity index (χ0n) is 27.4. The molecule has 4 fully saturated rings. The van der Waals surface area contributed by atoms with Crippen molar-refractivity contribution in [3.8, 4) is 0 Å². The number of nitrogens with one attached hydrogen (secondary N) is 1. The van der Waals surface area contributed by atoms with Crippen molar-refractivity contribution in [3.05, 3.63) is 23.8 Å². The lowest BCUT2D eigenvalue weighted by atomic mass is 9.46. The number of carbonyl (C=O) groups is 5. The second-order valence-electron chi connectivity index (χ2n) is 15.3. The standard InChI is InChI=1S/C35H49NO10/c1-32(2)17-20(11-14-46-32)25(16-29(41)42)36-28(40)7-8-30(43)45-19-27(39)35(44)13-10-24-23-6-5-21-15-22(37)9-12-33(21,3)31(23)26(38)18-34(24,35)4/h9,12,15,20,23-26,31,38,44H,5-8,10-11,13-14,16-19H2,1-4H3,(H,36,40)(H,41,42)/t20?,23-,24?,25?,26?,31?,33-,34-,35-/m0/s1. The predicted octanol–water partition coefficient (Wildman–Crippen LogP) is 3.05. The number of carboxylic acid groups (broad SMARTS) is 1. The molecule has 5 rings (SSSR count). The molecule has 0 aromatic carbocycles. The number of aliphatic hydroxyl groups is 2. The first kappa shape index (κ1) is 34.4. The van der Waals surface area contributed by atoms with Gasteiger partial charge in [0.05, 0.1) is 24.5 Å². The summed E-state index contributed by atoms with van der Waals surface area (Å²) in [5, 5.41) is 35.6. The van der Waals surface area contributed by atoms with Crippen molar-refractivity contribution >= 4 is 29.4 Å². The van der Waals surface area contributed by atoms with Crippen molar-refractivity contribution in [2.24, 2.45) is 34.5 Å². The van der Waals surface area contributed by atoms with Gasteiger partial charge in [-0.15, -0.1) is 0 Å². The minimum atomic E-state index is -1.78. The number of carboxylic acids is 1. The Morgan fingerprint density at radius 3 is 2.52 bits per heavy atom. The van der Waals surface area contributed by atoms with E-state index in [0.29, 0.717) is 32.3 Å². The molecule has 3 saturated carbocycles. The smallest absolute Gasteiger partial charge is 0.306 e. The summed E-state index contributed by atoms with van der Waals surface area (Å²) >= 11 is 0. The van der Waals surface area contributed by atoms with Crippen molar-refractivity contribution < 1.29 is 48.8 Å². The van der Waals surface area contributed by atoms with Gasteiger partial charge in [0.15, 0.2) is 12.4 Å². The highest BCUT2D eigenvalue weighted by molar-refractivity contribution is 6.01. The summed E-state index contributed by atoms with van der Waals surface area (Å²) in [5.41, 5.74) is -2.56. The van der Waals surface area contributed by atoms with Crippen LogP contribution in [0.5, 0.6) is 0 Å². The molecule has 1 saturated heterocycles. The summed E-state index contributed by atoms with van der Waals surface area (Å²) in [6.07, 6.45) is 7.28. The van der Waals surface area contributed by atoms with Gasteiger partial charge in [-0.3, -0.25) is 24.0 Å². The van der Waals surface area contributed by atoms with Gasteiger partial charge in [-0.2, -0.15) is 0 Å². The molecule has 46 heavy (non-hydrogen) atoms. The highest BCUT2D eigenvalue weighted by Gasteiger charge is 2.68. The maximum Gasteiger partial charge on any atom is 0.306 e. The van der Waals surface area contributed by atoms with Gasteiger partial charge in [0.25, 0.3) is 0 Å². The van der Waals surface area contributed by atoms with Crippen LogP contribution >= 0.6 is 0 Å². The van der Waals surface area contributed by atoms with Crippen molar-refractivity contribution in [2.75, 3.05) is 13.2 Å². The van der Waals surface area contributed by atoms with Gasteiger partial charge < -0.3 is 30.1 Å². The van der Waals surface area contributed by atoms with Crippen LogP contribution < -0.4 is 5.32 Å². The largest absolute Gasteiger partial charge is 0.481 e. The summed E-state index contributed by atoms with van der Waals surface area (Å²) in [4.78, 5) is 62.4. The molecule has 0 spiro atoms. The molecular weight excluding hydrogens is 594 g/mol. The van der Waals surface area contributed by atoms with E-state index in [1.807, 2.05) is 26.8 Å². The second kappa shape index (κ2) is 12.6. The molecular formula is C35H49NO10. The summed E-state index contributed by atoms with van der Waals surface area (Å²) in [7, 11) is 0. The Hall–Kier alpha value is -2.89. The summed E-state index contributed by atoms with van der Waals surface area (Å²) in [5.74, 6) is -3.14. The van der Waals surface area contributed by atoms with Crippen LogP contribution in [0, 0.1) is 34.5 Å². The average Bonchev–Trinajstić information content (AvgIpc) is 3.24. The number of amides is 1. The zero-order chi connectivity index (χ0) is 33.7. The second-order valence-corrected chi connectivity index (χ2v) is 15.3. The molecule has 5 unspecified atom stereocenters. The van der Waals surface area contributed by atoms with Gasteiger partial charge in [0.2, 0.25) is 11.7 Å². The van der Waals surface area contributed by atoms with E-state index < -0.39 is 64.4 Å². The number of carbonyl (C=O) groups excluding carboxylic acids is 4. The van der Waals surface area contributed by atoms with Gasteiger partial charge in [-0.05, 0) is 88.7 Å². The lowest BCUT2D eigenvalue weighted by Crippen LogP contribution is -2.61. The van der Waals surface area contributed by atoms with E-state index >= 15 is 0 Å². The maximum absolute atomic E-state index is 13.5. The predicted molar refractivity (Wildman–Crippen MR) is 165 cm³/mol. The monoisotopic (exact) mass is 643 g/mol. The van der Waals surface area contributed by atoms with Gasteiger partial charge in [-0.1, -0.05) is 25.5 Å². The fourth-order valence-corrected chi connectivity index (χ4v) is 9.77. The van der Waals surface area contributed by atoms with Crippen LogP contribution in [-0.4, -0.2) is 81.3 Å². The van der Waals surface area contributed by atoms with Gasteiger partial charge >= 0.3 is 11.9 Å². The Labute approximate surface area is 270 Å². The number of ether oxygens (including phenoxy) is 2. The molecule has 4 aliphatic carbocycles. The van der Waals surface area contributed by atoms with Crippen LogP contribution in [0.3, 0.4) is 0 Å². The van der Waals surface area contributed by atoms with E-state index in [1.165, 1.54) is 0 Å². The van der Waals surface area contributed by atoms with Crippen LogP contribution in [0.1, 0.15) is 91.9 Å². The normalized spacial score (nSPS) is 38.4. The Kier molecular flexibility index (Phi) is 9.45. The lowest BCUT2D eigenvalue weighted by molar-refractivity contribution is -0.181. The van der Waals surface area contributed by atoms with Crippen LogP contribution in [0.2, 0.25) is 0 Å². The molecule has 1 heterocycles. The Bertz CT molecular complexity index is 1340. The van der Waals surface area contributed by atoms with E-state index in [1.54, 1.807) is 12.2 Å². The summed E-state index contributed by atoms with van der Waals surface area (Å²) in [6.45, 7) is 7.59. The number of rotatable bonds is 10. The number of allylic oxidation sites excluding steroid dienone is 4. The topological polar surface area (TPSA) is 177 Å². The number of fused-ring (bicyclic) bond motifs is 5. The summed E-state index contributed by atoms with van der Waals surface area (Å²) < 4.78 is 11.0. The average molecular weight is 644 g/mol. The lowest BCUT2D eigenvalue weighted by Gasteiger charge is -2.59. The molecule has 4 N–H and O–H groups in total. The first-order valence-corrected chi connectivity index (χ1v) is 16.7. The molecule has 0 aromatic rings. The number of ketones is 2. The van der Waals surface area contributed by atoms with Gasteiger partial charge in [-0.25, -0.2) is 0 Å². The highest BCUT2D eigenvalue weighted by Crippen LogP contribution is 2.67. The van der Waals surface area contributed by atoms with Crippen molar-refractivity contribution in [1.82, 2.24) is 5.32 Å². The van der Waals surface area contributed by atoms with Crippen LogP contribution in [-0.2, 0) is 33.4 Å². The molecule has 0 bridgehead atoms. The number of Topliss-reactive ketones (excluding diaryl/α,β-unsaturated/α-hetero) is 1. The molecule has 1 amide bonds. The number of hydrogen-bond donors (Lipinski definition) is 4. The number of hydrogen-bond acceptors (Lipinski definition) is 9. The molecule has 1 aliphatic heterocycles.